The quantitative estimate of drug-likeness (QED) is 0.786. The van der Waals surface area contributed by atoms with Crippen molar-refractivity contribution in [3.8, 4) is 0 Å². The molecule has 0 spiro atoms. The molecule has 0 unspecified atom stereocenters. The van der Waals surface area contributed by atoms with Crippen LogP contribution in [0.25, 0.3) is 0 Å². The van der Waals surface area contributed by atoms with E-state index >= 15 is 0 Å². The smallest absolute Gasteiger partial charge is 0.244 e. The molecule has 1 aromatic rings. The maximum Gasteiger partial charge on any atom is 0.244 e. The van der Waals surface area contributed by atoms with E-state index < -0.39 is 10.0 Å². The Bertz CT molecular complexity index is 645. The summed E-state index contributed by atoms with van der Waals surface area (Å²) in [5.41, 5.74) is 0. The van der Waals surface area contributed by atoms with E-state index in [9.17, 15) is 13.2 Å². The third-order valence-electron chi connectivity index (χ3n) is 3.40. The van der Waals surface area contributed by atoms with Gasteiger partial charge in [-0.05, 0) is 31.0 Å². The van der Waals surface area contributed by atoms with Crippen molar-refractivity contribution < 1.29 is 13.2 Å². The number of rotatable bonds is 4. The van der Waals surface area contributed by atoms with Crippen molar-refractivity contribution in [3.63, 3.8) is 0 Å². The fourth-order valence-electron chi connectivity index (χ4n) is 2.19. The fourth-order valence-corrected chi connectivity index (χ4v) is 4.32. The Morgan fingerprint density at radius 1 is 1.38 bits per heavy atom. The normalized spacial score (nSPS) is 15.7. The molecule has 0 N–H and O–H groups in total. The molecular weight excluding hydrogens is 380 g/mol. The van der Waals surface area contributed by atoms with Crippen LogP contribution in [0.3, 0.4) is 0 Å². The van der Waals surface area contributed by atoms with Gasteiger partial charge in [-0.15, -0.1) is 0 Å². The van der Waals surface area contributed by atoms with Crippen LogP contribution in [0, 0.1) is 0 Å². The lowest BCUT2D eigenvalue weighted by Crippen LogP contribution is -2.39. The topological polar surface area (TPSA) is 57.7 Å². The summed E-state index contributed by atoms with van der Waals surface area (Å²) in [6, 6.07) is 4.55. The van der Waals surface area contributed by atoms with Gasteiger partial charge >= 0.3 is 0 Å². The van der Waals surface area contributed by atoms with Gasteiger partial charge in [-0.3, -0.25) is 4.79 Å². The Morgan fingerprint density at radius 3 is 2.57 bits per heavy atom. The van der Waals surface area contributed by atoms with Crippen molar-refractivity contribution in [2.45, 2.75) is 17.7 Å². The second kappa shape index (κ2) is 6.64. The van der Waals surface area contributed by atoms with E-state index in [2.05, 4.69) is 15.9 Å². The van der Waals surface area contributed by atoms with Crippen LogP contribution < -0.4 is 0 Å². The minimum absolute atomic E-state index is 0.00379. The van der Waals surface area contributed by atoms with Gasteiger partial charge in [-0.25, -0.2) is 8.42 Å². The van der Waals surface area contributed by atoms with Crippen molar-refractivity contribution in [1.29, 1.82) is 0 Å². The van der Waals surface area contributed by atoms with Crippen LogP contribution in [0.5, 0.6) is 0 Å². The first-order chi connectivity index (χ1) is 9.82. The monoisotopic (exact) mass is 394 g/mol. The molecule has 1 aromatic carbocycles. The third-order valence-corrected chi connectivity index (χ3v) is 6.18. The summed E-state index contributed by atoms with van der Waals surface area (Å²) in [5.74, 6) is -0.174. The first-order valence-corrected chi connectivity index (χ1v) is 9.12. The minimum Gasteiger partial charge on any atom is -0.342 e. The molecule has 0 atom stereocenters. The first kappa shape index (κ1) is 16.7. The van der Waals surface area contributed by atoms with Gasteiger partial charge in [0, 0.05) is 24.6 Å². The highest BCUT2D eigenvalue weighted by molar-refractivity contribution is 9.10. The number of carbonyl (C=O) groups is 1. The van der Waals surface area contributed by atoms with Crippen molar-refractivity contribution in [1.82, 2.24) is 9.21 Å². The van der Waals surface area contributed by atoms with Crippen LogP contribution in [0.15, 0.2) is 27.6 Å². The van der Waals surface area contributed by atoms with Crippen LogP contribution in [0.2, 0.25) is 5.02 Å². The largest absolute Gasteiger partial charge is 0.342 e. The molecule has 0 aliphatic carbocycles. The lowest BCUT2D eigenvalue weighted by Gasteiger charge is -2.21. The Hall–Kier alpha value is -0.630. The van der Waals surface area contributed by atoms with Crippen molar-refractivity contribution in [2.75, 3.05) is 26.7 Å². The maximum absolute atomic E-state index is 12.5. The summed E-state index contributed by atoms with van der Waals surface area (Å²) < 4.78 is 26.7. The second-order valence-electron chi connectivity index (χ2n) is 4.92. The van der Waals surface area contributed by atoms with Crippen LogP contribution >= 0.6 is 27.5 Å². The minimum atomic E-state index is -3.78. The Balaban J connectivity index is 2.16. The summed E-state index contributed by atoms with van der Waals surface area (Å²) in [6.07, 6.45) is 1.95. The average Bonchev–Trinajstić information content (AvgIpc) is 2.91. The number of amides is 1. The summed E-state index contributed by atoms with van der Waals surface area (Å²) in [4.78, 5) is 13.7. The lowest BCUT2D eigenvalue weighted by molar-refractivity contribution is -0.130. The Labute approximate surface area is 138 Å². The number of benzene rings is 1. The zero-order chi connectivity index (χ0) is 15.6. The summed E-state index contributed by atoms with van der Waals surface area (Å²) in [6.45, 7) is 1.23. The summed E-state index contributed by atoms with van der Waals surface area (Å²) in [5, 5.41) is 0.129. The molecule has 116 valence electrons. The van der Waals surface area contributed by atoms with Gasteiger partial charge in [0.1, 0.15) is 4.90 Å². The Kier molecular flexibility index (Phi) is 5.29. The molecule has 0 bridgehead atoms. The molecule has 8 heteroatoms. The van der Waals surface area contributed by atoms with E-state index in [1.165, 1.54) is 19.2 Å². The van der Waals surface area contributed by atoms with Gasteiger partial charge in [0.15, 0.2) is 0 Å². The zero-order valence-electron chi connectivity index (χ0n) is 11.6. The third kappa shape index (κ3) is 3.77. The second-order valence-corrected chi connectivity index (χ2v) is 8.26. The molecule has 0 radical (unpaired) electrons. The number of likely N-dealkylation sites (tertiary alicyclic amines) is 1. The molecule has 1 heterocycles. The molecule has 0 saturated carbocycles. The average molecular weight is 396 g/mol. The van der Waals surface area contributed by atoms with E-state index in [1.54, 1.807) is 11.0 Å². The number of sulfonamides is 1. The first-order valence-electron chi connectivity index (χ1n) is 6.51. The molecule has 2 rings (SSSR count). The van der Waals surface area contributed by atoms with Crippen LogP contribution in [-0.2, 0) is 14.8 Å². The summed E-state index contributed by atoms with van der Waals surface area (Å²) in [7, 11) is -2.39. The van der Waals surface area contributed by atoms with Crippen LogP contribution in [-0.4, -0.2) is 50.2 Å². The number of likely N-dealkylation sites (N-methyl/N-ethyl adjacent to an activating group) is 1. The molecule has 1 amide bonds. The molecule has 5 nitrogen and oxygen atoms in total. The number of hydrogen-bond acceptors (Lipinski definition) is 3. The lowest BCUT2D eigenvalue weighted by atomic mass is 10.4. The fraction of sp³-hybridized carbons (Fsp3) is 0.462. The van der Waals surface area contributed by atoms with Crippen LogP contribution in [0.4, 0.5) is 0 Å². The van der Waals surface area contributed by atoms with E-state index in [1.807, 2.05) is 0 Å². The number of hydrogen-bond donors (Lipinski definition) is 0. The molecule has 1 fully saturated rings. The van der Waals surface area contributed by atoms with Crippen molar-refractivity contribution in [3.05, 3.63) is 27.7 Å². The predicted octanol–water partition coefficient (Wildman–Crippen LogP) is 2.35. The van der Waals surface area contributed by atoms with Gasteiger partial charge in [-0.1, -0.05) is 27.5 Å². The van der Waals surface area contributed by atoms with Crippen molar-refractivity contribution >= 4 is 43.5 Å². The van der Waals surface area contributed by atoms with E-state index in [0.717, 1.165) is 17.1 Å². The SMILES string of the molecule is CN(CC(=O)N1CCCC1)S(=O)(=O)c1ccc(Br)cc1Cl. The van der Waals surface area contributed by atoms with E-state index in [0.29, 0.717) is 17.6 Å². The van der Waals surface area contributed by atoms with Crippen LogP contribution in [0.1, 0.15) is 12.8 Å². The van der Waals surface area contributed by atoms with Gasteiger partial charge in [0.2, 0.25) is 15.9 Å². The van der Waals surface area contributed by atoms with Crippen molar-refractivity contribution in [2.24, 2.45) is 0 Å². The van der Waals surface area contributed by atoms with Gasteiger partial charge in [0.25, 0.3) is 0 Å². The molecule has 1 aliphatic heterocycles. The number of carbonyl (C=O) groups excluding carboxylic acids is 1. The van der Waals surface area contributed by atoms with Gasteiger partial charge in [0.05, 0.1) is 11.6 Å². The van der Waals surface area contributed by atoms with Gasteiger partial charge < -0.3 is 4.90 Å². The van der Waals surface area contributed by atoms with E-state index in [4.69, 9.17) is 11.6 Å². The molecule has 0 aromatic heterocycles. The number of halogens is 2. The predicted molar refractivity (Wildman–Crippen MR) is 84.8 cm³/mol. The molecule has 21 heavy (non-hydrogen) atoms. The summed E-state index contributed by atoms with van der Waals surface area (Å²) >= 11 is 9.22. The highest BCUT2D eigenvalue weighted by atomic mass is 79.9. The number of nitrogens with zero attached hydrogens (tertiary/aromatic N) is 2. The molecular formula is C13H16BrClN2O3S. The highest BCUT2D eigenvalue weighted by Gasteiger charge is 2.27. The standard InChI is InChI=1S/C13H16BrClN2O3S/c1-16(9-13(18)17-6-2-3-7-17)21(19,20)12-5-4-10(14)8-11(12)15/h4-5,8H,2-3,6-7,9H2,1H3. The molecule has 1 saturated heterocycles. The maximum atomic E-state index is 12.5. The molecule has 1 aliphatic rings. The van der Waals surface area contributed by atoms with E-state index in [-0.39, 0.29) is 22.4 Å². The Morgan fingerprint density at radius 2 is 2.00 bits per heavy atom. The highest BCUT2D eigenvalue weighted by Crippen LogP contribution is 2.27. The van der Waals surface area contributed by atoms with Gasteiger partial charge in [-0.2, -0.15) is 4.31 Å². The zero-order valence-corrected chi connectivity index (χ0v) is 14.7.